The van der Waals surface area contributed by atoms with Gasteiger partial charge in [0.15, 0.2) is 0 Å². The zero-order valence-corrected chi connectivity index (χ0v) is 8.10. The number of nitrogens with zero attached hydrogens (tertiary/aromatic N) is 1. The zero-order chi connectivity index (χ0) is 8.67. The van der Waals surface area contributed by atoms with Crippen molar-refractivity contribution in [3.8, 4) is 0 Å². The first-order valence-corrected chi connectivity index (χ1v) is 5.71. The van der Waals surface area contributed by atoms with Gasteiger partial charge >= 0.3 is 0 Å². The predicted molar refractivity (Wildman–Crippen MR) is 57.1 cm³/mol. The molecule has 0 saturated heterocycles. The topological polar surface area (TPSA) is 14.1 Å². The van der Waals surface area contributed by atoms with Crippen LogP contribution < -0.4 is 5.32 Å². The maximum atomic E-state index is 4.64. The second-order valence-corrected chi connectivity index (χ2v) is 4.46. The molecule has 0 N–H and O–H groups in total. The maximum Gasteiger partial charge on any atom is 0.0709 e. The van der Waals surface area contributed by atoms with E-state index in [-0.39, 0.29) is 0 Å². The van der Waals surface area contributed by atoms with Gasteiger partial charge in [0.25, 0.3) is 0 Å². The molecule has 0 atom stereocenters. The van der Waals surface area contributed by atoms with Gasteiger partial charge in [-0.3, -0.25) is 5.32 Å². The molecule has 3 rings (SSSR count). The molecule has 2 aliphatic heterocycles. The molecule has 0 spiro atoms. The van der Waals surface area contributed by atoms with Crippen LogP contribution in [0.5, 0.6) is 0 Å². The SMILES string of the molecule is c1ccc2c(c1)[N]C1=C2CSCC1. The molecule has 13 heavy (non-hydrogen) atoms. The Kier molecular flexibility index (Phi) is 1.62. The third-order valence-corrected chi connectivity index (χ3v) is 3.55. The Morgan fingerprint density at radius 1 is 1.23 bits per heavy atom. The summed E-state index contributed by atoms with van der Waals surface area (Å²) in [6, 6.07) is 8.46. The van der Waals surface area contributed by atoms with Gasteiger partial charge in [-0.05, 0) is 23.8 Å². The number of thioether (sulfide) groups is 1. The van der Waals surface area contributed by atoms with Crippen LogP contribution in [0.3, 0.4) is 0 Å². The summed E-state index contributed by atoms with van der Waals surface area (Å²) in [4.78, 5) is 0. The lowest BCUT2D eigenvalue weighted by Gasteiger charge is -2.11. The number of hydrogen-bond acceptors (Lipinski definition) is 1. The molecule has 2 aliphatic rings. The van der Waals surface area contributed by atoms with E-state index in [2.05, 4.69) is 29.6 Å². The van der Waals surface area contributed by atoms with Crippen LogP contribution in [0.25, 0.3) is 5.57 Å². The van der Waals surface area contributed by atoms with Crippen LogP contribution >= 0.6 is 11.8 Å². The average molecular weight is 188 g/mol. The molecule has 1 radical (unpaired) electrons. The smallest absolute Gasteiger partial charge is 0.0709 e. The Hall–Kier alpha value is -0.890. The molecule has 0 unspecified atom stereocenters. The second-order valence-electron chi connectivity index (χ2n) is 3.36. The number of benzene rings is 1. The molecular formula is C11H10NS. The van der Waals surface area contributed by atoms with Crippen molar-refractivity contribution in [3.05, 3.63) is 35.5 Å². The van der Waals surface area contributed by atoms with Crippen molar-refractivity contribution < 1.29 is 0 Å². The first-order chi connectivity index (χ1) is 6.45. The van der Waals surface area contributed by atoms with Crippen LogP contribution in [-0.4, -0.2) is 11.5 Å². The summed E-state index contributed by atoms with van der Waals surface area (Å²) in [5.74, 6) is 2.38. The van der Waals surface area contributed by atoms with Gasteiger partial charge in [-0.1, -0.05) is 18.2 Å². The first-order valence-electron chi connectivity index (χ1n) is 4.56. The highest BCUT2D eigenvalue weighted by Gasteiger charge is 2.24. The van der Waals surface area contributed by atoms with Crippen LogP contribution in [0.2, 0.25) is 0 Å². The van der Waals surface area contributed by atoms with Crippen LogP contribution in [0, 0.1) is 0 Å². The van der Waals surface area contributed by atoms with E-state index in [0.29, 0.717) is 0 Å². The van der Waals surface area contributed by atoms with Crippen molar-refractivity contribution in [3.63, 3.8) is 0 Å². The minimum Gasteiger partial charge on any atom is -0.252 e. The predicted octanol–water partition coefficient (Wildman–Crippen LogP) is 2.78. The fourth-order valence-corrected chi connectivity index (χ4v) is 2.91. The van der Waals surface area contributed by atoms with Gasteiger partial charge in [-0.2, -0.15) is 11.8 Å². The van der Waals surface area contributed by atoms with E-state index >= 15 is 0 Å². The molecule has 2 heterocycles. The second kappa shape index (κ2) is 2.81. The van der Waals surface area contributed by atoms with Crippen molar-refractivity contribution >= 4 is 23.0 Å². The maximum absolute atomic E-state index is 4.64. The van der Waals surface area contributed by atoms with Gasteiger partial charge in [-0.25, -0.2) is 0 Å². The number of allylic oxidation sites excluding steroid dienone is 1. The molecular weight excluding hydrogens is 178 g/mol. The fraction of sp³-hybridized carbons (Fsp3) is 0.273. The molecule has 0 aromatic heterocycles. The Balaban J connectivity index is 2.12. The molecule has 0 fully saturated rings. The van der Waals surface area contributed by atoms with Gasteiger partial charge in [0.1, 0.15) is 0 Å². The Labute approximate surface area is 82.2 Å². The minimum atomic E-state index is 1.15. The van der Waals surface area contributed by atoms with Crippen molar-refractivity contribution in [2.24, 2.45) is 0 Å². The summed E-state index contributed by atoms with van der Waals surface area (Å²) in [6.07, 6.45) is 1.15. The molecule has 0 saturated carbocycles. The normalized spacial score (nSPS) is 19.4. The Morgan fingerprint density at radius 3 is 3.15 bits per heavy atom. The van der Waals surface area contributed by atoms with Crippen molar-refractivity contribution in [1.29, 1.82) is 0 Å². The van der Waals surface area contributed by atoms with Crippen molar-refractivity contribution in [1.82, 2.24) is 5.32 Å². The first kappa shape index (κ1) is 7.51. The highest BCUT2D eigenvalue weighted by molar-refractivity contribution is 7.99. The Morgan fingerprint density at radius 2 is 2.15 bits per heavy atom. The van der Waals surface area contributed by atoms with E-state index in [9.17, 15) is 0 Å². The van der Waals surface area contributed by atoms with Crippen LogP contribution in [0.15, 0.2) is 30.0 Å². The van der Waals surface area contributed by atoms with E-state index in [1.807, 2.05) is 11.8 Å². The summed E-state index contributed by atoms with van der Waals surface area (Å²) < 4.78 is 0. The standard InChI is InChI=1S/C11H10NS/c1-2-4-10-8(3-1)9-7-13-6-5-11(9)12-10/h1-4H,5-7H2. The highest BCUT2D eigenvalue weighted by Crippen LogP contribution is 2.40. The van der Waals surface area contributed by atoms with E-state index in [1.54, 1.807) is 0 Å². The molecule has 0 amide bonds. The van der Waals surface area contributed by atoms with E-state index in [0.717, 1.165) is 12.2 Å². The van der Waals surface area contributed by atoms with E-state index in [4.69, 9.17) is 0 Å². The largest absolute Gasteiger partial charge is 0.252 e. The van der Waals surface area contributed by atoms with Gasteiger partial charge in [0.2, 0.25) is 0 Å². The van der Waals surface area contributed by atoms with Gasteiger partial charge in [0.05, 0.1) is 5.69 Å². The number of hydrogen-bond donors (Lipinski definition) is 0. The zero-order valence-electron chi connectivity index (χ0n) is 7.29. The van der Waals surface area contributed by atoms with E-state index in [1.165, 1.54) is 28.3 Å². The van der Waals surface area contributed by atoms with Crippen molar-refractivity contribution in [2.75, 3.05) is 11.5 Å². The molecule has 1 nitrogen and oxygen atoms in total. The molecule has 0 aliphatic carbocycles. The molecule has 1 aromatic carbocycles. The van der Waals surface area contributed by atoms with Gasteiger partial charge in [0, 0.05) is 17.0 Å². The van der Waals surface area contributed by atoms with E-state index < -0.39 is 0 Å². The average Bonchev–Trinajstić information content (AvgIpc) is 2.56. The molecule has 1 aromatic rings. The summed E-state index contributed by atoms with van der Waals surface area (Å²) in [5, 5.41) is 4.64. The van der Waals surface area contributed by atoms with Crippen LogP contribution in [0.4, 0.5) is 5.69 Å². The lowest BCUT2D eigenvalue weighted by molar-refractivity contribution is 0.967. The third-order valence-electron chi connectivity index (χ3n) is 2.56. The summed E-state index contributed by atoms with van der Waals surface area (Å²) >= 11 is 2.02. The summed E-state index contributed by atoms with van der Waals surface area (Å²) in [6.45, 7) is 0. The lowest BCUT2D eigenvalue weighted by atomic mass is 10.1. The molecule has 2 heteroatoms. The number of rotatable bonds is 0. The van der Waals surface area contributed by atoms with Gasteiger partial charge < -0.3 is 0 Å². The van der Waals surface area contributed by atoms with Crippen molar-refractivity contribution in [2.45, 2.75) is 6.42 Å². The highest BCUT2D eigenvalue weighted by atomic mass is 32.2. The summed E-state index contributed by atoms with van der Waals surface area (Å²) in [5.41, 5.74) is 5.35. The Bertz CT molecular complexity index is 381. The van der Waals surface area contributed by atoms with Crippen LogP contribution in [-0.2, 0) is 0 Å². The molecule has 65 valence electrons. The minimum absolute atomic E-state index is 1.15. The number of para-hydroxylation sites is 1. The quantitative estimate of drug-likeness (QED) is 0.610. The monoisotopic (exact) mass is 188 g/mol. The lowest BCUT2D eigenvalue weighted by Crippen LogP contribution is -2.02. The van der Waals surface area contributed by atoms with Gasteiger partial charge in [-0.15, -0.1) is 0 Å². The van der Waals surface area contributed by atoms with Crippen LogP contribution in [0.1, 0.15) is 12.0 Å². The summed E-state index contributed by atoms with van der Waals surface area (Å²) in [7, 11) is 0. The third kappa shape index (κ3) is 1.09. The fourth-order valence-electron chi connectivity index (χ4n) is 1.91. The molecule has 0 bridgehead atoms. The number of fused-ring (bicyclic) bond motifs is 2.